The van der Waals surface area contributed by atoms with Gasteiger partial charge in [-0.05, 0) is 48.5 Å². The van der Waals surface area contributed by atoms with E-state index in [0.717, 1.165) is 0 Å². The summed E-state index contributed by atoms with van der Waals surface area (Å²) in [5.74, 6) is 0. The third-order valence-corrected chi connectivity index (χ3v) is 8.86. The minimum absolute atomic E-state index is 0.569. The minimum atomic E-state index is -1.91. The van der Waals surface area contributed by atoms with Crippen LogP contribution in [0, 0.1) is 0 Å². The molecule has 0 saturated carbocycles. The van der Waals surface area contributed by atoms with E-state index in [4.69, 9.17) is 20.4 Å². The molecule has 0 atom stereocenters. The predicted molar refractivity (Wildman–Crippen MR) is 123 cm³/mol. The molecule has 4 aromatic carbocycles. The molecule has 0 bridgehead atoms. The van der Waals surface area contributed by atoms with Gasteiger partial charge < -0.3 is 0 Å². The van der Waals surface area contributed by atoms with E-state index >= 15 is 0 Å². The van der Waals surface area contributed by atoms with E-state index in [-0.39, 0.29) is 0 Å². The molecule has 4 aromatic rings. The van der Waals surface area contributed by atoms with Crippen LogP contribution in [0.1, 0.15) is 0 Å². The predicted octanol–water partition coefficient (Wildman–Crippen LogP) is 5.68. The molecule has 0 aliphatic carbocycles. The number of halogens is 2. The first-order chi connectivity index (χ1) is 13.8. The summed E-state index contributed by atoms with van der Waals surface area (Å²) < 4.78 is 0. The van der Waals surface area contributed by atoms with Gasteiger partial charge in [-0.15, -0.1) is 0 Å². The standard InChI is InChI=1S/C24H20P.2ClH.Ni/c1-5-13-21(14-6-1)25(22-15-7-2-8-16-22,23-17-9-3-10-18-23)24-19-11-4-12-20-24;;;/h1-20H;2*1H;/q+1;;;+2/p-2. The van der Waals surface area contributed by atoms with E-state index < -0.39 is 7.26 Å². The van der Waals surface area contributed by atoms with Crippen LogP contribution in [0.25, 0.3) is 0 Å². The van der Waals surface area contributed by atoms with Crippen LogP contribution >= 0.6 is 27.7 Å². The van der Waals surface area contributed by atoms with Gasteiger partial charge in [0.2, 0.25) is 0 Å². The zero-order valence-corrected chi connectivity index (χ0v) is 18.5. The SMILES string of the molecule is [Cl][Ni][Cl].c1ccc([P+](c2ccccc2)(c2ccccc2)c2ccccc2)cc1. The van der Waals surface area contributed by atoms with E-state index in [9.17, 15) is 0 Å². The third kappa shape index (κ3) is 4.51. The second kappa shape index (κ2) is 10.8. The molecule has 144 valence electrons. The molecule has 0 fully saturated rings. The number of rotatable bonds is 4. The zero-order valence-electron chi connectivity index (χ0n) is 15.1. The normalized spacial score (nSPS) is 10.8. The Kier molecular flexibility index (Phi) is 8.14. The summed E-state index contributed by atoms with van der Waals surface area (Å²) in [6, 6.07) is 43.8. The van der Waals surface area contributed by atoms with E-state index in [1.807, 2.05) is 0 Å². The molecule has 0 heterocycles. The summed E-state index contributed by atoms with van der Waals surface area (Å²) in [5.41, 5.74) is 0. The average Bonchev–Trinajstić information content (AvgIpc) is 2.78. The Morgan fingerprint density at radius 2 is 0.571 bits per heavy atom. The summed E-state index contributed by atoms with van der Waals surface area (Å²) in [7, 11) is 7.50. The third-order valence-electron chi connectivity index (χ3n) is 4.57. The van der Waals surface area contributed by atoms with Crippen LogP contribution in [0.5, 0.6) is 0 Å². The van der Waals surface area contributed by atoms with Gasteiger partial charge in [0, 0.05) is 0 Å². The number of hydrogen-bond donors (Lipinski definition) is 0. The van der Waals surface area contributed by atoms with Crippen LogP contribution < -0.4 is 21.2 Å². The molecule has 0 nitrogen and oxygen atoms in total. The molecule has 0 aliphatic heterocycles. The molecule has 0 spiro atoms. The van der Waals surface area contributed by atoms with Gasteiger partial charge in [-0.25, -0.2) is 0 Å². The van der Waals surface area contributed by atoms with Crippen molar-refractivity contribution in [3.63, 3.8) is 0 Å². The van der Waals surface area contributed by atoms with Crippen molar-refractivity contribution in [2.24, 2.45) is 0 Å². The van der Waals surface area contributed by atoms with Crippen LogP contribution in [0.15, 0.2) is 121 Å². The molecule has 28 heavy (non-hydrogen) atoms. The van der Waals surface area contributed by atoms with Gasteiger partial charge in [-0.2, -0.15) is 0 Å². The maximum Gasteiger partial charge on any atom is 0.144 e. The van der Waals surface area contributed by atoms with Crippen LogP contribution in [0.4, 0.5) is 0 Å². The maximum atomic E-state index is 4.70. The van der Waals surface area contributed by atoms with Crippen molar-refractivity contribution in [2.45, 2.75) is 0 Å². The quantitative estimate of drug-likeness (QED) is 0.267. The van der Waals surface area contributed by atoms with Crippen LogP contribution in [0.3, 0.4) is 0 Å². The van der Waals surface area contributed by atoms with Gasteiger partial charge in [0.15, 0.2) is 0 Å². The van der Waals surface area contributed by atoms with Crippen molar-refractivity contribution >= 4 is 48.9 Å². The molecule has 4 heteroatoms. The largest absolute Gasteiger partial charge is 0.144 e. The first-order valence-electron chi connectivity index (χ1n) is 8.78. The van der Waals surface area contributed by atoms with Crippen LogP contribution in [-0.4, -0.2) is 0 Å². The molecule has 0 saturated heterocycles. The van der Waals surface area contributed by atoms with Gasteiger partial charge in [0.05, 0.1) is 0 Å². The van der Waals surface area contributed by atoms with E-state index in [2.05, 4.69) is 121 Å². The monoisotopic (exact) mass is 467 g/mol. The van der Waals surface area contributed by atoms with Gasteiger partial charge in [-0.1, -0.05) is 72.8 Å². The van der Waals surface area contributed by atoms with Gasteiger partial charge in [0.1, 0.15) is 28.5 Å². The summed E-state index contributed by atoms with van der Waals surface area (Å²) in [6.07, 6.45) is 0. The van der Waals surface area contributed by atoms with Gasteiger partial charge >= 0.3 is 33.0 Å². The minimum Gasteiger partial charge on any atom is -0.0620 e. The molecule has 0 N–H and O–H groups in total. The number of benzene rings is 4. The Labute approximate surface area is 182 Å². The smallest absolute Gasteiger partial charge is 0.0620 e. The topological polar surface area (TPSA) is 0 Å². The Morgan fingerprint density at radius 3 is 0.750 bits per heavy atom. The molecule has 0 aliphatic rings. The van der Waals surface area contributed by atoms with Crippen LogP contribution in [0.2, 0.25) is 0 Å². The molecular formula is C24H20Cl2NiP+. The summed E-state index contributed by atoms with van der Waals surface area (Å²) in [6.45, 7) is 0. The zero-order chi connectivity index (χ0) is 19.7. The van der Waals surface area contributed by atoms with Crippen molar-refractivity contribution in [2.75, 3.05) is 0 Å². The van der Waals surface area contributed by atoms with Crippen molar-refractivity contribution in [1.82, 2.24) is 0 Å². The summed E-state index contributed by atoms with van der Waals surface area (Å²) in [4.78, 5) is 0. The number of hydrogen-bond acceptors (Lipinski definition) is 0. The van der Waals surface area contributed by atoms with Gasteiger partial charge in [0.25, 0.3) is 0 Å². The molecule has 0 radical (unpaired) electrons. The van der Waals surface area contributed by atoms with Crippen LogP contribution in [-0.2, 0) is 12.7 Å². The Bertz CT molecular complexity index is 785. The van der Waals surface area contributed by atoms with E-state index in [1.54, 1.807) is 0 Å². The Balaban J connectivity index is 0.000000706. The summed E-state index contributed by atoms with van der Waals surface area (Å²) >= 11 is 0.569. The van der Waals surface area contributed by atoms with E-state index in [1.165, 1.54) is 21.2 Å². The van der Waals surface area contributed by atoms with Crippen molar-refractivity contribution in [1.29, 1.82) is 0 Å². The fraction of sp³-hybridized carbons (Fsp3) is 0. The molecule has 0 amide bonds. The average molecular weight is 469 g/mol. The second-order valence-electron chi connectivity index (χ2n) is 6.06. The van der Waals surface area contributed by atoms with Crippen molar-refractivity contribution in [3.8, 4) is 0 Å². The molecule has 0 aromatic heterocycles. The molecule has 0 unspecified atom stereocenters. The Morgan fingerprint density at radius 1 is 0.393 bits per heavy atom. The summed E-state index contributed by atoms with van der Waals surface area (Å²) in [5, 5.41) is 5.55. The van der Waals surface area contributed by atoms with Crippen molar-refractivity contribution < 1.29 is 12.7 Å². The first kappa shape index (κ1) is 21.1. The Hall–Kier alpha value is -1.62. The molecular weight excluding hydrogens is 449 g/mol. The molecule has 4 rings (SSSR count). The maximum absolute atomic E-state index is 4.70. The van der Waals surface area contributed by atoms with Crippen molar-refractivity contribution in [3.05, 3.63) is 121 Å². The fourth-order valence-electron chi connectivity index (χ4n) is 3.50. The van der Waals surface area contributed by atoms with E-state index in [0.29, 0.717) is 12.7 Å². The first-order valence-corrected chi connectivity index (χ1v) is 13.3. The van der Waals surface area contributed by atoms with Gasteiger partial charge in [-0.3, -0.25) is 0 Å². The second-order valence-corrected chi connectivity index (χ2v) is 11.1. The fourth-order valence-corrected chi connectivity index (χ4v) is 7.77.